The van der Waals surface area contributed by atoms with Gasteiger partial charge in [-0.3, -0.25) is 0 Å². The van der Waals surface area contributed by atoms with Crippen molar-refractivity contribution in [2.75, 3.05) is 0 Å². The first-order valence-corrected chi connectivity index (χ1v) is 10.3. The summed E-state index contributed by atoms with van der Waals surface area (Å²) in [5.41, 5.74) is 2.73. The Kier molecular flexibility index (Phi) is 9.09. The van der Waals surface area contributed by atoms with Crippen LogP contribution in [0.5, 0.6) is 17.2 Å². The van der Waals surface area contributed by atoms with Crippen LogP contribution in [0.15, 0.2) is 42.5 Å². The van der Waals surface area contributed by atoms with Gasteiger partial charge in [0, 0.05) is 0 Å². The topological polar surface area (TPSA) is 29.5 Å². The zero-order valence-corrected chi connectivity index (χ0v) is 16.5. The maximum Gasteiger partial charge on any atom is 0.169 e. The Hall–Kier alpha value is -1.96. The van der Waals surface area contributed by atoms with E-state index in [-0.39, 0.29) is 5.75 Å². The van der Waals surface area contributed by atoms with Crippen LogP contribution in [0.4, 0.5) is 0 Å². The smallest absolute Gasteiger partial charge is 0.169 e. The van der Waals surface area contributed by atoms with Crippen LogP contribution in [0.2, 0.25) is 0 Å². The molecule has 0 spiro atoms. The highest BCUT2D eigenvalue weighted by Crippen LogP contribution is 2.34. The fourth-order valence-electron chi connectivity index (χ4n) is 3.36. The summed E-state index contributed by atoms with van der Waals surface area (Å²) in [6, 6.07) is 13.6. The summed E-state index contributed by atoms with van der Waals surface area (Å²) in [6.07, 6.45) is 12.2. The van der Waals surface area contributed by atoms with Crippen LogP contribution in [-0.2, 0) is 12.8 Å². The van der Waals surface area contributed by atoms with Gasteiger partial charge in [0.05, 0.1) is 0 Å². The van der Waals surface area contributed by atoms with Crippen molar-refractivity contribution in [3.05, 3.63) is 53.6 Å². The molecule has 2 aromatic rings. The molecule has 0 radical (unpaired) electrons. The third kappa shape index (κ3) is 6.40. The summed E-state index contributed by atoms with van der Waals surface area (Å²) < 4.78 is 6.12. The highest BCUT2D eigenvalue weighted by atomic mass is 16.5. The van der Waals surface area contributed by atoms with Crippen LogP contribution in [0.25, 0.3) is 0 Å². The lowest BCUT2D eigenvalue weighted by atomic mass is 9.96. The maximum absolute atomic E-state index is 10.1. The number of phenolic OH excluding ortho intramolecular Hbond substituents is 1. The number of aromatic hydroxyl groups is 1. The number of ether oxygens (including phenoxy) is 1. The fourth-order valence-corrected chi connectivity index (χ4v) is 3.36. The van der Waals surface area contributed by atoms with Crippen LogP contribution >= 0.6 is 0 Å². The predicted octanol–water partition coefficient (Wildman–Crippen LogP) is 7.43. The Bertz CT molecular complexity index is 648. The van der Waals surface area contributed by atoms with Crippen molar-refractivity contribution in [1.29, 1.82) is 0 Å². The van der Waals surface area contributed by atoms with E-state index in [2.05, 4.69) is 26.0 Å². The molecule has 0 aliphatic rings. The molecule has 0 aromatic heterocycles. The molecule has 0 heterocycles. The average Bonchev–Trinajstić information content (AvgIpc) is 2.65. The minimum absolute atomic E-state index is 0.192. The van der Waals surface area contributed by atoms with Crippen LogP contribution in [0, 0.1) is 0 Å². The van der Waals surface area contributed by atoms with E-state index in [1.807, 2.05) is 24.3 Å². The fraction of sp³-hybridized carbons (Fsp3) is 0.500. The van der Waals surface area contributed by atoms with E-state index in [0.717, 1.165) is 18.6 Å². The van der Waals surface area contributed by atoms with Crippen molar-refractivity contribution in [3.8, 4) is 17.2 Å². The number of para-hydroxylation sites is 2. The molecular weight excluding hydrogens is 320 g/mol. The van der Waals surface area contributed by atoms with Crippen molar-refractivity contribution in [3.63, 3.8) is 0 Å². The Labute approximate surface area is 159 Å². The second-order valence-corrected chi connectivity index (χ2v) is 7.08. The molecule has 0 amide bonds. The molecule has 0 fully saturated rings. The first kappa shape index (κ1) is 20.4. The molecule has 1 N–H and O–H groups in total. The average molecular weight is 355 g/mol. The zero-order chi connectivity index (χ0) is 18.6. The molecule has 0 bridgehead atoms. The van der Waals surface area contributed by atoms with Crippen molar-refractivity contribution < 1.29 is 9.84 Å². The van der Waals surface area contributed by atoms with Gasteiger partial charge in [-0.05, 0) is 55.0 Å². The lowest BCUT2D eigenvalue weighted by molar-refractivity contribution is 0.408. The molecule has 26 heavy (non-hydrogen) atoms. The second kappa shape index (κ2) is 11.6. The molecule has 142 valence electrons. The summed E-state index contributed by atoms with van der Waals surface area (Å²) in [7, 11) is 0. The first-order valence-electron chi connectivity index (χ1n) is 10.3. The number of rotatable bonds is 12. The molecule has 0 unspecified atom stereocenters. The highest BCUT2D eigenvalue weighted by molar-refractivity contribution is 5.46. The molecule has 2 aromatic carbocycles. The molecular formula is C24H34O2. The van der Waals surface area contributed by atoms with E-state index in [4.69, 9.17) is 4.74 Å². The number of hydrogen-bond acceptors (Lipinski definition) is 2. The van der Waals surface area contributed by atoms with E-state index in [0.29, 0.717) is 5.75 Å². The minimum atomic E-state index is 0.192. The molecule has 0 atom stereocenters. The summed E-state index contributed by atoms with van der Waals surface area (Å²) in [5.74, 6) is 1.62. The van der Waals surface area contributed by atoms with Gasteiger partial charge in [0.15, 0.2) is 11.5 Å². The summed E-state index contributed by atoms with van der Waals surface area (Å²) in [4.78, 5) is 0. The van der Waals surface area contributed by atoms with Gasteiger partial charge in [-0.15, -0.1) is 0 Å². The third-order valence-corrected chi connectivity index (χ3v) is 4.90. The maximum atomic E-state index is 10.1. The van der Waals surface area contributed by atoms with E-state index >= 15 is 0 Å². The van der Waals surface area contributed by atoms with E-state index in [1.54, 1.807) is 6.07 Å². The quantitative estimate of drug-likeness (QED) is 0.402. The zero-order valence-electron chi connectivity index (χ0n) is 16.5. The van der Waals surface area contributed by atoms with Crippen LogP contribution in [0.3, 0.4) is 0 Å². The Morgan fingerprint density at radius 1 is 0.692 bits per heavy atom. The second-order valence-electron chi connectivity index (χ2n) is 7.08. The predicted molar refractivity (Wildman–Crippen MR) is 110 cm³/mol. The summed E-state index contributed by atoms with van der Waals surface area (Å²) in [5, 5.41) is 10.1. The minimum Gasteiger partial charge on any atom is -0.504 e. The Balaban J connectivity index is 2.16. The van der Waals surface area contributed by atoms with Gasteiger partial charge in [0.25, 0.3) is 0 Å². The van der Waals surface area contributed by atoms with Gasteiger partial charge in [-0.25, -0.2) is 0 Å². The van der Waals surface area contributed by atoms with Crippen molar-refractivity contribution >= 4 is 0 Å². The summed E-state index contributed by atoms with van der Waals surface area (Å²) in [6.45, 7) is 4.49. The normalized spacial score (nSPS) is 10.8. The standard InChI is InChI=1S/C24H34O2/c1-3-5-7-9-14-20-15-13-19-23(21(20)16-10-8-6-4-2)26-24-18-12-11-17-22(24)25/h11-13,15,17-19,25H,3-10,14,16H2,1-2H3. The molecule has 0 saturated heterocycles. The van der Waals surface area contributed by atoms with Gasteiger partial charge in [0.2, 0.25) is 0 Å². The van der Waals surface area contributed by atoms with Gasteiger partial charge < -0.3 is 9.84 Å². The van der Waals surface area contributed by atoms with Crippen LogP contribution in [-0.4, -0.2) is 5.11 Å². The monoisotopic (exact) mass is 354 g/mol. The lowest BCUT2D eigenvalue weighted by Crippen LogP contribution is -1.99. The van der Waals surface area contributed by atoms with Crippen molar-refractivity contribution in [2.24, 2.45) is 0 Å². The van der Waals surface area contributed by atoms with Gasteiger partial charge in [-0.1, -0.05) is 76.6 Å². The van der Waals surface area contributed by atoms with Crippen molar-refractivity contribution in [1.82, 2.24) is 0 Å². The van der Waals surface area contributed by atoms with Gasteiger partial charge in [0.1, 0.15) is 5.75 Å². The highest BCUT2D eigenvalue weighted by Gasteiger charge is 2.12. The molecule has 2 heteroatoms. The van der Waals surface area contributed by atoms with E-state index in [9.17, 15) is 5.11 Å². The number of phenols is 1. The van der Waals surface area contributed by atoms with Gasteiger partial charge >= 0.3 is 0 Å². The molecule has 0 aliphatic carbocycles. The third-order valence-electron chi connectivity index (χ3n) is 4.90. The number of hydrogen-bond donors (Lipinski definition) is 1. The first-order chi connectivity index (χ1) is 12.8. The van der Waals surface area contributed by atoms with Gasteiger partial charge in [-0.2, -0.15) is 0 Å². The SMILES string of the molecule is CCCCCCc1cccc(Oc2ccccc2O)c1CCCCCC. The number of unbranched alkanes of at least 4 members (excludes halogenated alkanes) is 6. The molecule has 0 saturated carbocycles. The van der Waals surface area contributed by atoms with E-state index in [1.165, 1.54) is 62.5 Å². The Morgan fingerprint density at radius 3 is 2.04 bits per heavy atom. The van der Waals surface area contributed by atoms with Crippen LogP contribution in [0.1, 0.15) is 76.3 Å². The van der Waals surface area contributed by atoms with Crippen LogP contribution < -0.4 is 4.74 Å². The largest absolute Gasteiger partial charge is 0.504 e. The molecule has 2 nitrogen and oxygen atoms in total. The van der Waals surface area contributed by atoms with Crippen molar-refractivity contribution in [2.45, 2.75) is 78.1 Å². The number of benzene rings is 2. The lowest BCUT2D eigenvalue weighted by Gasteiger charge is -2.16. The summed E-state index contributed by atoms with van der Waals surface area (Å²) >= 11 is 0. The molecule has 2 rings (SSSR count). The van der Waals surface area contributed by atoms with E-state index < -0.39 is 0 Å². The number of aryl methyl sites for hydroxylation is 1. The molecule has 0 aliphatic heterocycles. The Morgan fingerprint density at radius 2 is 1.35 bits per heavy atom.